The van der Waals surface area contributed by atoms with Crippen molar-refractivity contribution in [2.45, 2.75) is 57.3 Å². The van der Waals surface area contributed by atoms with Crippen molar-refractivity contribution < 1.29 is 19.4 Å². The number of piperidine rings is 1. The summed E-state index contributed by atoms with van der Waals surface area (Å²) in [5.41, 5.74) is -0.577. The number of pyridine rings is 1. The molecule has 1 aliphatic heterocycles. The summed E-state index contributed by atoms with van der Waals surface area (Å²) in [6.45, 7) is 5.87. The molecule has 0 unspecified atom stereocenters. The van der Waals surface area contributed by atoms with E-state index in [0.29, 0.717) is 12.1 Å². The van der Waals surface area contributed by atoms with Crippen molar-refractivity contribution in [3.63, 3.8) is 0 Å². The Bertz CT molecular complexity index is 992. The normalized spacial score (nSPS) is 24.2. The van der Waals surface area contributed by atoms with Gasteiger partial charge >= 0.3 is 6.09 Å². The first-order valence-electron chi connectivity index (χ1n) is 10.9. The summed E-state index contributed by atoms with van der Waals surface area (Å²) in [6.07, 6.45) is 3.40. The Kier molecular flexibility index (Phi) is 5.41. The second kappa shape index (κ2) is 7.79. The van der Waals surface area contributed by atoms with E-state index in [-0.39, 0.29) is 24.9 Å². The van der Waals surface area contributed by atoms with Gasteiger partial charge in [-0.2, -0.15) is 0 Å². The van der Waals surface area contributed by atoms with Crippen LogP contribution in [0, 0.1) is 5.92 Å². The number of amides is 2. The van der Waals surface area contributed by atoms with E-state index in [2.05, 4.69) is 4.98 Å². The number of carbonyl (C=O) groups is 2. The van der Waals surface area contributed by atoms with Crippen LogP contribution in [0.4, 0.5) is 4.79 Å². The highest BCUT2D eigenvalue weighted by atomic mass is 16.6. The predicted molar refractivity (Wildman–Crippen MR) is 117 cm³/mol. The molecule has 2 amide bonds. The maximum Gasteiger partial charge on any atom is 0.410 e. The zero-order valence-electron chi connectivity index (χ0n) is 18.7. The SMILES string of the molecule is CN(C(=O)[C@H]1CN(C(=O)OC(C)(C)C)CC[C@]1(O)c1ccnc2ccccc12)C1CC1. The van der Waals surface area contributed by atoms with Crippen molar-refractivity contribution in [2.24, 2.45) is 5.92 Å². The van der Waals surface area contributed by atoms with Crippen LogP contribution in [0.25, 0.3) is 10.9 Å². The summed E-state index contributed by atoms with van der Waals surface area (Å²) in [4.78, 5) is 34.0. The van der Waals surface area contributed by atoms with E-state index in [4.69, 9.17) is 4.74 Å². The molecule has 0 spiro atoms. The second-order valence-corrected chi connectivity index (χ2v) is 9.71. The van der Waals surface area contributed by atoms with Crippen LogP contribution in [0.15, 0.2) is 36.5 Å². The molecule has 7 heteroatoms. The predicted octanol–water partition coefficient (Wildman–Crippen LogP) is 3.30. The number of aliphatic hydroxyl groups is 1. The number of benzene rings is 1. The molecule has 1 aromatic carbocycles. The molecular weight excluding hydrogens is 394 g/mol. The molecule has 31 heavy (non-hydrogen) atoms. The third-order valence-corrected chi connectivity index (χ3v) is 6.25. The molecule has 0 bridgehead atoms. The Labute approximate surface area is 183 Å². The number of hydrogen-bond donors (Lipinski definition) is 1. The lowest BCUT2D eigenvalue weighted by Gasteiger charge is -2.45. The van der Waals surface area contributed by atoms with E-state index >= 15 is 0 Å². The molecule has 2 heterocycles. The van der Waals surface area contributed by atoms with Gasteiger partial charge < -0.3 is 19.6 Å². The fourth-order valence-electron chi connectivity index (χ4n) is 4.40. The molecule has 2 aliphatic rings. The average molecular weight is 426 g/mol. The van der Waals surface area contributed by atoms with Crippen LogP contribution in [-0.2, 0) is 15.1 Å². The smallest absolute Gasteiger partial charge is 0.410 e. The van der Waals surface area contributed by atoms with E-state index in [0.717, 1.165) is 23.7 Å². The van der Waals surface area contributed by atoms with Crippen LogP contribution in [0.1, 0.15) is 45.6 Å². The molecule has 1 saturated heterocycles. The van der Waals surface area contributed by atoms with E-state index < -0.39 is 23.2 Å². The summed E-state index contributed by atoms with van der Waals surface area (Å²) in [5.74, 6) is -0.927. The number of carbonyl (C=O) groups excluding carboxylic acids is 2. The first kappa shape index (κ1) is 21.6. The summed E-state index contributed by atoms with van der Waals surface area (Å²) < 4.78 is 5.54. The lowest BCUT2D eigenvalue weighted by molar-refractivity contribution is -0.152. The van der Waals surface area contributed by atoms with Crippen LogP contribution in [0.2, 0.25) is 0 Å². The Hall–Kier alpha value is -2.67. The van der Waals surface area contributed by atoms with Gasteiger partial charge in [-0.15, -0.1) is 0 Å². The Morgan fingerprint density at radius 1 is 1.23 bits per heavy atom. The minimum absolute atomic E-state index is 0.109. The topological polar surface area (TPSA) is 83.0 Å². The first-order valence-corrected chi connectivity index (χ1v) is 10.9. The first-order chi connectivity index (χ1) is 14.6. The van der Waals surface area contributed by atoms with Gasteiger partial charge in [0.2, 0.25) is 5.91 Å². The maximum atomic E-state index is 13.5. The average Bonchev–Trinajstić information content (AvgIpc) is 3.56. The van der Waals surface area contributed by atoms with Crippen molar-refractivity contribution in [1.82, 2.24) is 14.8 Å². The summed E-state index contributed by atoms with van der Waals surface area (Å²) >= 11 is 0. The largest absolute Gasteiger partial charge is 0.444 e. The monoisotopic (exact) mass is 425 g/mol. The number of para-hydroxylation sites is 1. The lowest BCUT2D eigenvalue weighted by Crippen LogP contribution is -2.57. The second-order valence-electron chi connectivity index (χ2n) is 9.71. The van der Waals surface area contributed by atoms with Gasteiger partial charge in [0, 0.05) is 37.8 Å². The van der Waals surface area contributed by atoms with E-state index in [1.54, 1.807) is 29.1 Å². The van der Waals surface area contributed by atoms with Crippen molar-refractivity contribution in [2.75, 3.05) is 20.1 Å². The van der Waals surface area contributed by atoms with E-state index in [9.17, 15) is 14.7 Å². The number of rotatable bonds is 3. The van der Waals surface area contributed by atoms with E-state index in [1.807, 2.05) is 45.0 Å². The van der Waals surface area contributed by atoms with Gasteiger partial charge in [0.05, 0.1) is 11.4 Å². The number of fused-ring (bicyclic) bond motifs is 1. The van der Waals surface area contributed by atoms with Crippen LogP contribution < -0.4 is 0 Å². The Morgan fingerprint density at radius 3 is 2.61 bits per heavy atom. The zero-order valence-corrected chi connectivity index (χ0v) is 18.7. The highest BCUT2D eigenvalue weighted by molar-refractivity contribution is 5.86. The van der Waals surface area contributed by atoms with Crippen molar-refractivity contribution >= 4 is 22.9 Å². The highest BCUT2D eigenvalue weighted by Gasteiger charge is 2.51. The zero-order chi connectivity index (χ0) is 22.4. The van der Waals surface area contributed by atoms with Gasteiger partial charge in [-0.05, 0) is 57.7 Å². The van der Waals surface area contributed by atoms with Crippen molar-refractivity contribution in [3.05, 3.63) is 42.1 Å². The molecular formula is C24H31N3O4. The summed E-state index contributed by atoms with van der Waals surface area (Å²) in [5, 5.41) is 12.8. The van der Waals surface area contributed by atoms with Crippen molar-refractivity contribution in [3.8, 4) is 0 Å². The third kappa shape index (κ3) is 4.24. The summed E-state index contributed by atoms with van der Waals surface area (Å²) in [6, 6.07) is 9.62. The van der Waals surface area contributed by atoms with Gasteiger partial charge in [-0.3, -0.25) is 9.78 Å². The van der Waals surface area contributed by atoms with Gasteiger partial charge in [0.25, 0.3) is 0 Å². The minimum atomic E-state index is -1.40. The van der Waals surface area contributed by atoms with Gasteiger partial charge in [0.1, 0.15) is 11.2 Å². The molecule has 2 aromatic rings. The number of nitrogens with zero attached hydrogens (tertiary/aromatic N) is 3. The molecule has 1 aromatic heterocycles. The van der Waals surface area contributed by atoms with Crippen LogP contribution in [-0.4, -0.2) is 63.7 Å². The Balaban J connectivity index is 1.72. The Morgan fingerprint density at radius 2 is 1.94 bits per heavy atom. The van der Waals surface area contributed by atoms with Crippen LogP contribution in [0.5, 0.6) is 0 Å². The summed E-state index contributed by atoms with van der Waals surface area (Å²) in [7, 11) is 1.79. The quantitative estimate of drug-likeness (QED) is 0.816. The molecule has 2 fully saturated rings. The molecule has 7 nitrogen and oxygen atoms in total. The van der Waals surface area contributed by atoms with Gasteiger partial charge in [-0.25, -0.2) is 4.79 Å². The number of hydrogen-bond acceptors (Lipinski definition) is 5. The molecule has 4 rings (SSSR count). The lowest BCUT2D eigenvalue weighted by atomic mass is 9.74. The van der Waals surface area contributed by atoms with Crippen LogP contribution in [0.3, 0.4) is 0 Å². The molecule has 1 saturated carbocycles. The fourth-order valence-corrected chi connectivity index (χ4v) is 4.40. The third-order valence-electron chi connectivity index (χ3n) is 6.25. The van der Waals surface area contributed by atoms with Crippen LogP contribution >= 0.6 is 0 Å². The standard InChI is InChI=1S/C24H31N3O4/c1-23(2,3)31-22(29)27-14-12-24(30,19(15-27)21(28)26(4)16-9-10-16)18-11-13-25-20-8-6-5-7-17(18)20/h5-8,11,13,16,19,30H,9-10,12,14-15H2,1-4H3/t19-,24+/m1/s1. The molecule has 2 atom stereocenters. The van der Waals surface area contributed by atoms with Gasteiger partial charge in [-0.1, -0.05) is 18.2 Å². The minimum Gasteiger partial charge on any atom is -0.444 e. The highest BCUT2D eigenvalue weighted by Crippen LogP contribution is 2.42. The number of aromatic nitrogens is 1. The van der Waals surface area contributed by atoms with E-state index in [1.165, 1.54) is 0 Å². The van der Waals surface area contributed by atoms with Crippen molar-refractivity contribution in [1.29, 1.82) is 0 Å². The molecule has 166 valence electrons. The number of ether oxygens (including phenoxy) is 1. The fraction of sp³-hybridized carbons (Fsp3) is 0.542. The number of likely N-dealkylation sites (tertiary alicyclic amines) is 1. The maximum absolute atomic E-state index is 13.5. The molecule has 1 N–H and O–H groups in total. The molecule has 1 aliphatic carbocycles. The molecule has 0 radical (unpaired) electrons. The van der Waals surface area contributed by atoms with Gasteiger partial charge in [0.15, 0.2) is 0 Å².